The van der Waals surface area contributed by atoms with E-state index < -0.39 is 0 Å². The number of allylic oxidation sites excluding steroid dienone is 3. The summed E-state index contributed by atoms with van der Waals surface area (Å²) in [6.45, 7) is 13.0. The van der Waals surface area contributed by atoms with Crippen molar-refractivity contribution in [1.82, 2.24) is 0 Å². The summed E-state index contributed by atoms with van der Waals surface area (Å²) in [5.74, 6) is -0.0328. The van der Waals surface area contributed by atoms with Crippen LogP contribution in [0.2, 0.25) is 0 Å². The largest absolute Gasteiger partial charge is 0.427 e. The molecular formula is C12H18O2. The molecule has 0 amide bonds. The summed E-state index contributed by atoms with van der Waals surface area (Å²) in [6.07, 6.45) is 4.34. The minimum atomic E-state index is -0.262. The Labute approximate surface area is 86.0 Å². The molecule has 2 nitrogen and oxygen atoms in total. The first-order valence-electron chi connectivity index (χ1n) is 4.73. The Morgan fingerprint density at radius 2 is 1.93 bits per heavy atom. The fourth-order valence-electron chi connectivity index (χ4n) is 0.610. The summed E-state index contributed by atoms with van der Waals surface area (Å²) < 4.78 is 4.95. The van der Waals surface area contributed by atoms with E-state index in [9.17, 15) is 4.79 Å². The van der Waals surface area contributed by atoms with Gasteiger partial charge in [0.2, 0.25) is 0 Å². The van der Waals surface area contributed by atoms with Crippen LogP contribution in [-0.4, -0.2) is 5.97 Å². The second kappa shape index (κ2) is 6.19. The third-order valence-electron chi connectivity index (χ3n) is 1.66. The van der Waals surface area contributed by atoms with Gasteiger partial charge in [0.25, 0.3) is 0 Å². The van der Waals surface area contributed by atoms with Crippen molar-refractivity contribution in [3.05, 3.63) is 36.6 Å². The number of rotatable bonds is 5. The minimum absolute atomic E-state index is 0.130. The van der Waals surface area contributed by atoms with E-state index in [-0.39, 0.29) is 11.9 Å². The molecule has 0 aliphatic heterocycles. The molecule has 0 saturated heterocycles. The maximum Gasteiger partial charge on any atom is 0.313 e. The first kappa shape index (κ1) is 12.7. The number of carbonyl (C=O) groups excluding carboxylic acids is 1. The van der Waals surface area contributed by atoms with Crippen molar-refractivity contribution in [2.75, 3.05) is 0 Å². The monoisotopic (exact) mass is 194 g/mol. The van der Waals surface area contributed by atoms with Crippen LogP contribution in [0.3, 0.4) is 0 Å². The molecule has 0 unspecified atom stereocenters. The highest BCUT2D eigenvalue weighted by Gasteiger charge is 2.08. The van der Waals surface area contributed by atoms with E-state index in [2.05, 4.69) is 13.2 Å². The van der Waals surface area contributed by atoms with Crippen LogP contribution >= 0.6 is 0 Å². The fraction of sp³-hybridized carbons (Fsp3) is 0.417. The second-order valence-electron chi connectivity index (χ2n) is 3.39. The van der Waals surface area contributed by atoms with Crippen LogP contribution in [0.5, 0.6) is 0 Å². The number of carbonyl (C=O) groups is 1. The van der Waals surface area contributed by atoms with Crippen molar-refractivity contribution in [3.8, 4) is 0 Å². The van der Waals surface area contributed by atoms with Crippen molar-refractivity contribution >= 4 is 5.97 Å². The van der Waals surface area contributed by atoms with Crippen molar-refractivity contribution in [2.45, 2.75) is 27.2 Å². The smallest absolute Gasteiger partial charge is 0.313 e. The van der Waals surface area contributed by atoms with Gasteiger partial charge in [-0.15, -0.1) is 0 Å². The van der Waals surface area contributed by atoms with E-state index in [1.165, 1.54) is 0 Å². The second-order valence-corrected chi connectivity index (χ2v) is 3.39. The zero-order valence-corrected chi connectivity index (χ0v) is 9.17. The van der Waals surface area contributed by atoms with Gasteiger partial charge >= 0.3 is 5.97 Å². The summed E-state index contributed by atoms with van der Waals surface area (Å²) >= 11 is 0. The molecule has 14 heavy (non-hydrogen) atoms. The lowest BCUT2D eigenvalue weighted by atomic mass is 10.2. The standard InChI is InChI=1S/C12H18O2/c1-6-10(4)7-8-11(5)14-12(13)9(2)3/h7-9H,4-6H2,1-3H3. The van der Waals surface area contributed by atoms with Crippen LogP contribution in [0.15, 0.2) is 36.6 Å². The van der Waals surface area contributed by atoms with E-state index in [4.69, 9.17) is 4.74 Å². The number of hydrogen-bond donors (Lipinski definition) is 0. The van der Waals surface area contributed by atoms with Gasteiger partial charge in [-0.1, -0.05) is 45.6 Å². The van der Waals surface area contributed by atoms with E-state index in [1.54, 1.807) is 26.0 Å². The fourth-order valence-corrected chi connectivity index (χ4v) is 0.610. The van der Waals surface area contributed by atoms with Gasteiger partial charge in [0, 0.05) is 0 Å². The summed E-state index contributed by atoms with van der Waals surface area (Å²) in [7, 11) is 0. The Morgan fingerprint density at radius 3 is 2.36 bits per heavy atom. The molecule has 78 valence electrons. The predicted octanol–water partition coefficient (Wildman–Crippen LogP) is 3.22. The molecule has 0 fully saturated rings. The molecule has 2 heteroatoms. The van der Waals surface area contributed by atoms with Crippen LogP contribution in [0, 0.1) is 5.92 Å². The van der Waals surface area contributed by atoms with Gasteiger partial charge in [0.1, 0.15) is 5.76 Å². The molecule has 0 radical (unpaired) electrons. The highest BCUT2D eigenvalue weighted by atomic mass is 16.5. The van der Waals surface area contributed by atoms with E-state index in [1.807, 2.05) is 6.92 Å². The zero-order valence-electron chi connectivity index (χ0n) is 9.17. The third-order valence-corrected chi connectivity index (χ3v) is 1.66. The molecule has 0 N–H and O–H groups in total. The van der Waals surface area contributed by atoms with Gasteiger partial charge in [-0.2, -0.15) is 0 Å². The minimum Gasteiger partial charge on any atom is -0.427 e. The van der Waals surface area contributed by atoms with Crippen molar-refractivity contribution in [1.29, 1.82) is 0 Å². The molecule has 0 atom stereocenters. The molecule has 0 saturated carbocycles. The molecule has 0 aromatic heterocycles. The molecule has 0 bridgehead atoms. The zero-order chi connectivity index (χ0) is 11.1. The highest BCUT2D eigenvalue weighted by Crippen LogP contribution is 2.06. The summed E-state index contributed by atoms with van der Waals surface area (Å²) in [4.78, 5) is 11.1. The first-order valence-corrected chi connectivity index (χ1v) is 4.73. The topological polar surface area (TPSA) is 26.3 Å². The quantitative estimate of drug-likeness (QED) is 0.381. The molecule has 0 spiro atoms. The molecule has 0 aliphatic carbocycles. The maximum atomic E-state index is 11.1. The summed E-state index contributed by atoms with van der Waals surface area (Å²) in [5.41, 5.74) is 0.978. The van der Waals surface area contributed by atoms with Gasteiger partial charge in [0.05, 0.1) is 5.92 Å². The Morgan fingerprint density at radius 1 is 1.36 bits per heavy atom. The van der Waals surface area contributed by atoms with Gasteiger partial charge in [-0.05, 0) is 12.5 Å². The van der Waals surface area contributed by atoms with Gasteiger partial charge < -0.3 is 4.74 Å². The van der Waals surface area contributed by atoms with Crippen LogP contribution in [-0.2, 0) is 9.53 Å². The van der Waals surface area contributed by atoms with Crippen molar-refractivity contribution in [2.24, 2.45) is 5.92 Å². The lowest BCUT2D eigenvalue weighted by molar-refractivity contribution is -0.142. The average Bonchev–Trinajstić information content (AvgIpc) is 2.13. The summed E-state index contributed by atoms with van der Waals surface area (Å²) in [6, 6.07) is 0. The van der Waals surface area contributed by atoms with Crippen LogP contribution in [0.4, 0.5) is 0 Å². The highest BCUT2D eigenvalue weighted by molar-refractivity contribution is 5.72. The molecule has 0 heterocycles. The van der Waals surface area contributed by atoms with Crippen molar-refractivity contribution in [3.63, 3.8) is 0 Å². The predicted molar refractivity (Wildman–Crippen MR) is 58.6 cm³/mol. The van der Waals surface area contributed by atoms with Crippen LogP contribution < -0.4 is 0 Å². The molecule has 0 rings (SSSR count). The Bertz CT molecular complexity index is 259. The molecule has 0 aromatic carbocycles. The first-order chi connectivity index (χ1) is 6.47. The normalized spacial score (nSPS) is 10.6. The Kier molecular flexibility index (Phi) is 5.61. The van der Waals surface area contributed by atoms with E-state index >= 15 is 0 Å². The van der Waals surface area contributed by atoms with Crippen LogP contribution in [0.1, 0.15) is 27.2 Å². The number of ether oxygens (including phenoxy) is 1. The van der Waals surface area contributed by atoms with Gasteiger partial charge in [0.15, 0.2) is 0 Å². The Balaban J connectivity index is 4.05. The lowest BCUT2D eigenvalue weighted by Crippen LogP contribution is -2.10. The number of esters is 1. The molecule has 0 aliphatic rings. The SMILES string of the molecule is C=C(C=CC(=C)OC(=O)C(C)C)CC. The molecular weight excluding hydrogens is 176 g/mol. The van der Waals surface area contributed by atoms with Gasteiger partial charge in [-0.25, -0.2) is 0 Å². The van der Waals surface area contributed by atoms with E-state index in [0.717, 1.165) is 12.0 Å². The maximum absolute atomic E-state index is 11.1. The Hall–Kier alpha value is -1.31. The number of hydrogen-bond acceptors (Lipinski definition) is 2. The average molecular weight is 194 g/mol. The van der Waals surface area contributed by atoms with Crippen molar-refractivity contribution < 1.29 is 9.53 Å². The lowest BCUT2D eigenvalue weighted by Gasteiger charge is -2.05. The van der Waals surface area contributed by atoms with Gasteiger partial charge in [-0.3, -0.25) is 4.79 Å². The van der Waals surface area contributed by atoms with E-state index in [0.29, 0.717) is 5.76 Å². The summed E-state index contributed by atoms with van der Waals surface area (Å²) in [5, 5.41) is 0. The molecule has 0 aromatic rings. The van der Waals surface area contributed by atoms with Crippen LogP contribution in [0.25, 0.3) is 0 Å². The third kappa shape index (κ3) is 5.36.